The van der Waals surface area contributed by atoms with Crippen LogP contribution < -0.4 is 9.80 Å². The van der Waals surface area contributed by atoms with Gasteiger partial charge in [0.15, 0.2) is 0 Å². The van der Waals surface area contributed by atoms with Crippen molar-refractivity contribution in [3.8, 4) is 22.3 Å². The van der Waals surface area contributed by atoms with Crippen LogP contribution in [-0.4, -0.2) is 0 Å². The predicted octanol–water partition coefficient (Wildman–Crippen LogP) is 13.4. The van der Waals surface area contributed by atoms with Crippen molar-refractivity contribution in [1.29, 1.82) is 0 Å². The summed E-state index contributed by atoms with van der Waals surface area (Å²) in [6.45, 7) is 2.17. The molecule has 0 aliphatic rings. The normalized spacial score (nSPS) is 11.0. The van der Waals surface area contributed by atoms with Gasteiger partial charge in [-0.1, -0.05) is 133 Å². The molecule has 0 atom stereocenters. The van der Waals surface area contributed by atoms with Crippen molar-refractivity contribution in [1.82, 2.24) is 0 Å². The molecule has 0 saturated heterocycles. The molecule has 8 aromatic rings. The molecule has 2 nitrogen and oxygen atoms in total. The molecule has 0 aliphatic heterocycles. The molecule has 0 aromatic heterocycles. The van der Waals surface area contributed by atoms with Gasteiger partial charge in [-0.3, -0.25) is 0 Å². The summed E-state index contributed by atoms with van der Waals surface area (Å²) in [7, 11) is 0. The highest BCUT2D eigenvalue weighted by atomic mass is 15.1. The van der Waals surface area contributed by atoms with E-state index in [0.717, 1.165) is 34.1 Å². The van der Waals surface area contributed by atoms with E-state index in [4.69, 9.17) is 0 Å². The third kappa shape index (κ3) is 6.08. The number of rotatable bonds is 8. The predicted molar refractivity (Wildman–Crippen MR) is 209 cm³/mol. The van der Waals surface area contributed by atoms with E-state index in [-0.39, 0.29) is 0 Å². The first-order valence-electron chi connectivity index (χ1n) is 16.8. The molecule has 8 aromatic carbocycles. The average molecular weight is 629 g/mol. The monoisotopic (exact) mass is 628 g/mol. The maximum Gasteiger partial charge on any atom is 0.0462 e. The Morgan fingerprint density at radius 3 is 0.980 bits per heavy atom. The lowest BCUT2D eigenvalue weighted by Gasteiger charge is -2.26. The molecule has 0 fully saturated rings. The van der Waals surface area contributed by atoms with E-state index >= 15 is 0 Å². The summed E-state index contributed by atoms with van der Waals surface area (Å²) in [4.78, 5) is 4.60. The van der Waals surface area contributed by atoms with Crippen molar-refractivity contribution in [3.05, 3.63) is 206 Å². The van der Waals surface area contributed by atoms with Gasteiger partial charge in [0.05, 0.1) is 0 Å². The fourth-order valence-electron chi connectivity index (χ4n) is 6.75. The van der Waals surface area contributed by atoms with Gasteiger partial charge in [-0.05, 0) is 113 Å². The fraction of sp³-hybridized carbons (Fsp3) is 0.0213. The van der Waals surface area contributed by atoms with Crippen LogP contribution in [0.1, 0.15) is 5.56 Å². The molecular weight excluding hydrogens is 593 g/mol. The zero-order valence-electron chi connectivity index (χ0n) is 27.4. The summed E-state index contributed by atoms with van der Waals surface area (Å²) < 4.78 is 0. The summed E-state index contributed by atoms with van der Waals surface area (Å²) in [6, 6.07) is 71.5. The molecule has 0 bridgehead atoms. The van der Waals surface area contributed by atoms with E-state index in [1.54, 1.807) is 0 Å². The number of fused-ring (bicyclic) bond motifs is 1. The maximum absolute atomic E-state index is 2.32. The molecule has 234 valence electrons. The summed E-state index contributed by atoms with van der Waals surface area (Å²) in [5.41, 5.74) is 12.9. The second kappa shape index (κ2) is 13.4. The average Bonchev–Trinajstić information content (AvgIpc) is 3.17. The van der Waals surface area contributed by atoms with Crippen molar-refractivity contribution in [2.45, 2.75) is 6.92 Å². The fourth-order valence-corrected chi connectivity index (χ4v) is 6.75. The highest BCUT2D eigenvalue weighted by Gasteiger charge is 2.16. The Morgan fingerprint density at radius 2 is 0.612 bits per heavy atom. The van der Waals surface area contributed by atoms with Crippen LogP contribution in [0, 0.1) is 6.92 Å². The minimum absolute atomic E-state index is 1.12. The lowest BCUT2D eigenvalue weighted by molar-refractivity contribution is 1.28. The van der Waals surface area contributed by atoms with Gasteiger partial charge in [0.1, 0.15) is 0 Å². The van der Waals surface area contributed by atoms with Gasteiger partial charge in [0, 0.05) is 34.1 Å². The number of nitrogens with zero attached hydrogens (tertiary/aromatic N) is 2. The third-order valence-corrected chi connectivity index (χ3v) is 9.10. The van der Waals surface area contributed by atoms with Gasteiger partial charge in [-0.25, -0.2) is 0 Å². The molecule has 0 amide bonds. The largest absolute Gasteiger partial charge is 0.311 e. The van der Waals surface area contributed by atoms with Gasteiger partial charge in [0.25, 0.3) is 0 Å². The van der Waals surface area contributed by atoms with Crippen molar-refractivity contribution in [3.63, 3.8) is 0 Å². The molecule has 0 saturated carbocycles. The van der Waals surface area contributed by atoms with E-state index in [2.05, 4.69) is 217 Å². The van der Waals surface area contributed by atoms with Crippen molar-refractivity contribution < 1.29 is 0 Å². The first-order valence-corrected chi connectivity index (χ1v) is 16.8. The molecular formula is C47H36N2. The zero-order valence-corrected chi connectivity index (χ0v) is 27.4. The molecule has 0 spiro atoms. The standard InChI is InChI=1S/C47H36N2/c1-35-22-31-46-44(36-23-27-42(28-24-36)48(38-14-6-2-7-15-38)39-16-8-3-9-17-39)32-33-45(47(46)34-35)37-25-29-43(30-26-37)49(40-18-10-4-11-19-40)41-20-12-5-13-21-41/h2-34H,1H3. The first kappa shape index (κ1) is 30.0. The Labute approximate surface area is 288 Å². The SMILES string of the molecule is Cc1ccc2c(-c3ccc(N(c4ccccc4)c4ccccc4)cc3)ccc(-c3ccc(N(c4ccccc4)c4ccccc4)cc3)c2c1. The summed E-state index contributed by atoms with van der Waals surface area (Å²) in [6.07, 6.45) is 0. The number of benzene rings is 8. The van der Waals surface area contributed by atoms with Gasteiger partial charge in [0.2, 0.25) is 0 Å². The molecule has 0 aliphatic carbocycles. The quantitative estimate of drug-likeness (QED) is 0.165. The molecule has 49 heavy (non-hydrogen) atoms. The van der Waals surface area contributed by atoms with Crippen LogP contribution >= 0.6 is 0 Å². The number of aryl methyl sites for hydroxylation is 1. The van der Waals surface area contributed by atoms with E-state index < -0.39 is 0 Å². The summed E-state index contributed by atoms with van der Waals surface area (Å²) in [5, 5.41) is 2.51. The molecule has 0 radical (unpaired) electrons. The second-order valence-electron chi connectivity index (χ2n) is 12.3. The van der Waals surface area contributed by atoms with Crippen molar-refractivity contribution in [2.75, 3.05) is 9.80 Å². The lowest BCUT2D eigenvalue weighted by Crippen LogP contribution is -2.09. The number of para-hydroxylation sites is 4. The third-order valence-electron chi connectivity index (χ3n) is 9.10. The van der Waals surface area contributed by atoms with Gasteiger partial charge >= 0.3 is 0 Å². The van der Waals surface area contributed by atoms with Crippen molar-refractivity contribution >= 4 is 44.9 Å². The van der Waals surface area contributed by atoms with Crippen molar-refractivity contribution in [2.24, 2.45) is 0 Å². The topological polar surface area (TPSA) is 6.48 Å². The van der Waals surface area contributed by atoms with Crippen LogP contribution in [-0.2, 0) is 0 Å². The van der Waals surface area contributed by atoms with Crippen LogP contribution in [0.3, 0.4) is 0 Å². The van der Waals surface area contributed by atoms with E-state index in [0.29, 0.717) is 0 Å². The van der Waals surface area contributed by atoms with Crippen LogP contribution in [0.15, 0.2) is 200 Å². The minimum Gasteiger partial charge on any atom is -0.311 e. The van der Waals surface area contributed by atoms with Gasteiger partial charge in [-0.2, -0.15) is 0 Å². The van der Waals surface area contributed by atoms with Gasteiger partial charge < -0.3 is 9.80 Å². The molecule has 0 unspecified atom stereocenters. The lowest BCUT2D eigenvalue weighted by atomic mass is 9.91. The molecule has 2 heteroatoms. The highest BCUT2D eigenvalue weighted by Crippen LogP contribution is 2.40. The zero-order chi connectivity index (χ0) is 33.0. The Bertz CT molecular complexity index is 2220. The number of hydrogen-bond donors (Lipinski definition) is 0. The van der Waals surface area contributed by atoms with E-state index in [9.17, 15) is 0 Å². The van der Waals surface area contributed by atoms with E-state index in [1.165, 1.54) is 38.6 Å². The van der Waals surface area contributed by atoms with E-state index in [1.807, 2.05) is 0 Å². The molecule has 0 heterocycles. The Balaban J connectivity index is 1.16. The number of hydrogen-bond acceptors (Lipinski definition) is 2. The second-order valence-corrected chi connectivity index (χ2v) is 12.3. The number of anilines is 6. The Hall–Kier alpha value is -6.38. The summed E-state index contributed by atoms with van der Waals surface area (Å²) >= 11 is 0. The molecule has 0 N–H and O–H groups in total. The first-order chi connectivity index (χ1) is 24.2. The molecule has 8 rings (SSSR count). The van der Waals surface area contributed by atoms with Crippen LogP contribution in [0.4, 0.5) is 34.1 Å². The Morgan fingerprint density at radius 1 is 0.286 bits per heavy atom. The Kier molecular flexibility index (Phi) is 8.19. The smallest absolute Gasteiger partial charge is 0.0462 e. The summed E-state index contributed by atoms with van der Waals surface area (Å²) in [5.74, 6) is 0. The minimum atomic E-state index is 1.12. The highest BCUT2D eigenvalue weighted by molar-refractivity contribution is 6.05. The maximum atomic E-state index is 2.32. The van der Waals surface area contributed by atoms with Gasteiger partial charge in [-0.15, -0.1) is 0 Å². The van der Waals surface area contributed by atoms with Crippen LogP contribution in [0.2, 0.25) is 0 Å². The van der Waals surface area contributed by atoms with Crippen LogP contribution in [0.5, 0.6) is 0 Å². The van der Waals surface area contributed by atoms with Crippen LogP contribution in [0.25, 0.3) is 33.0 Å².